The third kappa shape index (κ3) is 1.95. The molecule has 4 rings (SSSR count). The summed E-state index contributed by atoms with van der Waals surface area (Å²) in [5.74, 6) is 0.965. The molecule has 0 spiro atoms. The van der Waals surface area contributed by atoms with Crippen LogP contribution in [0.3, 0.4) is 0 Å². The van der Waals surface area contributed by atoms with Crippen LogP contribution < -0.4 is 9.64 Å². The van der Waals surface area contributed by atoms with E-state index < -0.39 is 0 Å². The Bertz CT molecular complexity index is 416. The van der Waals surface area contributed by atoms with Gasteiger partial charge in [0.05, 0.1) is 25.9 Å². The van der Waals surface area contributed by atoms with Crippen LogP contribution in [0.1, 0.15) is 18.5 Å². The first-order valence-corrected chi connectivity index (χ1v) is 6.04. The van der Waals surface area contributed by atoms with Gasteiger partial charge in [-0.15, -0.1) is 0 Å². The lowest BCUT2D eigenvalue weighted by atomic mass is 9.97. The highest BCUT2D eigenvalue weighted by Gasteiger charge is 2.35. The van der Waals surface area contributed by atoms with Crippen LogP contribution in [0.2, 0.25) is 0 Å². The Hall–Kier alpha value is -1.36. The Balaban J connectivity index is 1.90. The summed E-state index contributed by atoms with van der Waals surface area (Å²) in [7, 11) is 1.60. The van der Waals surface area contributed by atoms with E-state index in [-0.39, 0.29) is 0 Å². The average Bonchev–Trinajstić information content (AvgIpc) is 2.39. The second-order valence-corrected chi connectivity index (χ2v) is 4.69. The van der Waals surface area contributed by atoms with Gasteiger partial charge < -0.3 is 14.4 Å². The van der Waals surface area contributed by atoms with Gasteiger partial charge in [-0.2, -0.15) is 4.98 Å². The number of anilines is 1. The molecule has 2 atom stereocenters. The monoisotopic (exact) mass is 235 g/mol. The number of rotatable bonds is 2. The van der Waals surface area contributed by atoms with Crippen molar-refractivity contribution in [2.75, 3.05) is 25.2 Å². The normalized spacial score (nSPS) is 27.3. The van der Waals surface area contributed by atoms with Gasteiger partial charge in [0.1, 0.15) is 5.82 Å². The number of aryl methyl sites for hydroxylation is 1. The standard InChI is InChI=1S/C12H17N3O2/c1-8-5-11(14-12(13-8)16-2)15-6-10-4-3-9(15)7-17-10/h5,9-10H,3-4,6-7H2,1-2H3. The Morgan fingerprint density at radius 2 is 2.29 bits per heavy atom. The molecule has 0 amide bonds. The molecule has 92 valence electrons. The largest absolute Gasteiger partial charge is 0.467 e. The minimum Gasteiger partial charge on any atom is -0.467 e. The molecule has 2 unspecified atom stereocenters. The molecular formula is C12H17N3O2. The van der Waals surface area contributed by atoms with Gasteiger partial charge in [0.2, 0.25) is 0 Å². The summed E-state index contributed by atoms with van der Waals surface area (Å²) < 4.78 is 10.8. The van der Waals surface area contributed by atoms with Crippen molar-refractivity contribution >= 4 is 5.82 Å². The van der Waals surface area contributed by atoms with Gasteiger partial charge in [-0.3, -0.25) is 0 Å². The average molecular weight is 235 g/mol. The fourth-order valence-corrected chi connectivity index (χ4v) is 2.59. The van der Waals surface area contributed by atoms with Crippen molar-refractivity contribution in [3.63, 3.8) is 0 Å². The molecule has 0 N–H and O–H groups in total. The Morgan fingerprint density at radius 3 is 2.88 bits per heavy atom. The third-order valence-corrected chi connectivity index (χ3v) is 3.48. The van der Waals surface area contributed by atoms with Crippen LogP contribution in [0.5, 0.6) is 6.01 Å². The van der Waals surface area contributed by atoms with Crippen LogP contribution >= 0.6 is 0 Å². The molecule has 1 aromatic rings. The van der Waals surface area contributed by atoms with E-state index in [1.807, 2.05) is 13.0 Å². The number of morpholine rings is 1. The molecule has 0 radical (unpaired) electrons. The molecule has 3 aliphatic heterocycles. The van der Waals surface area contributed by atoms with Gasteiger partial charge in [-0.25, -0.2) is 4.98 Å². The SMILES string of the molecule is COc1nc(C)cc(N2CC3CCC2CO3)n1. The third-order valence-electron chi connectivity index (χ3n) is 3.48. The van der Waals surface area contributed by atoms with Crippen molar-refractivity contribution in [1.82, 2.24) is 9.97 Å². The lowest BCUT2D eigenvalue weighted by Crippen LogP contribution is -2.54. The van der Waals surface area contributed by atoms with Crippen molar-refractivity contribution in [2.24, 2.45) is 0 Å². The molecule has 4 heterocycles. The zero-order valence-electron chi connectivity index (χ0n) is 10.2. The first-order valence-electron chi connectivity index (χ1n) is 6.04. The van der Waals surface area contributed by atoms with Gasteiger partial charge in [-0.05, 0) is 19.8 Å². The zero-order valence-corrected chi connectivity index (χ0v) is 10.2. The van der Waals surface area contributed by atoms with E-state index in [0.29, 0.717) is 18.2 Å². The lowest BCUT2D eigenvalue weighted by molar-refractivity contribution is -0.0229. The Morgan fingerprint density at radius 1 is 1.41 bits per heavy atom. The highest BCUT2D eigenvalue weighted by atomic mass is 16.5. The molecule has 0 saturated carbocycles. The summed E-state index contributed by atoms with van der Waals surface area (Å²) in [6.07, 6.45) is 2.72. The molecule has 3 fully saturated rings. The first kappa shape index (κ1) is 10.8. The maximum absolute atomic E-state index is 5.70. The van der Waals surface area contributed by atoms with Crippen LogP contribution in [-0.4, -0.2) is 42.4 Å². The second-order valence-electron chi connectivity index (χ2n) is 4.69. The predicted octanol–water partition coefficient (Wildman–Crippen LogP) is 1.16. The van der Waals surface area contributed by atoms with Crippen LogP contribution in [0.4, 0.5) is 5.82 Å². The van der Waals surface area contributed by atoms with E-state index in [1.165, 1.54) is 12.8 Å². The van der Waals surface area contributed by atoms with Crippen molar-refractivity contribution in [3.05, 3.63) is 11.8 Å². The zero-order chi connectivity index (χ0) is 11.8. The van der Waals surface area contributed by atoms with E-state index in [2.05, 4.69) is 14.9 Å². The van der Waals surface area contributed by atoms with E-state index in [1.54, 1.807) is 7.11 Å². The van der Waals surface area contributed by atoms with Crippen molar-refractivity contribution < 1.29 is 9.47 Å². The van der Waals surface area contributed by atoms with Crippen molar-refractivity contribution in [1.29, 1.82) is 0 Å². The number of hydrogen-bond acceptors (Lipinski definition) is 5. The molecular weight excluding hydrogens is 218 g/mol. The van der Waals surface area contributed by atoms with Gasteiger partial charge in [-0.1, -0.05) is 0 Å². The van der Waals surface area contributed by atoms with E-state index in [9.17, 15) is 0 Å². The summed E-state index contributed by atoms with van der Waals surface area (Å²) in [6, 6.07) is 2.92. The van der Waals surface area contributed by atoms with Gasteiger partial charge in [0.25, 0.3) is 0 Å². The van der Waals surface area contributed by atoms with Gasteiger partial charge in [0, 0.05) is 18.3 Å². The van der Waals surface area contributed by atoms with Crippen LogP contribution in [0.15, 0.2) is 6.07 Å². The number of fused-ring (bicyclic) bond motifs is 3. The smallest absolute Gasteiger partial charge is 0.318 e. The van der Waals surface area contributed by atoms with Crippen molar-refractivity contribution in [3.8, 4) is 6.01 Å². The molecule has 0 aliphatic carbocycles. The number of nitrogens with zero attached hydrogens (tertiary/aromatic N) is 3. The molecule has 17 heavy (non-hydrogen) atoms. The van der Waals surface area contributed by atoms with E-state index >= 15 is 0 Å². The fourth-order valence-electron chi connectivity index (χ4n) is 2.59. The summed E-state index contributed by atoms with van der Waals surface area (Å²) in [5, 5.41) is 0. The molecule has 5 heteroatoms. The maximum atomic E-state index is 5.70. The predicted molar refractivity (Wildman–Crippen MR) is 63.4 cm³/mol. The number of piperidine rings is 1. The van der Waals surface area contributed by atoms with Crippen LogP contribution in [0, 0.1) is 6.92 Å². The van der Waals surface area contributed by atoms with Crippen LogP contribution in [0.25, 0.3) is 0 Å². The molecule has 0 aromatic carbocycles. The Kier molecular flexibility index (Phi) is 2.63. The lowest BCUT2D eigenvalue weighted by Gasteiger charge is -2.45. The summed E-state index contributed by atoms with van der Waals surface area (Å²) in [4.78, 5) is 11.0. The highest BCUT2D eigenvalue weighted by molar-refractivity contribution is 5.43. The number of aromatic nitrogens is 2. The summed E-state index contributed by atoms with van der Waals surface area (Å²) in [6.45, 7) is 3.71. The minimum atomic E-state index is 0.362. The molecule has 5 nitrogen and oxygen atoms in total. The molecule has 3 saturated heterocycles. The second kappa shape index (κ2) is 4.14. The van der Waals surface area contributed by atoms with Gasteiger partial charge in [0.15, 0.2) is 0 Å². The van der Waals surface area contributed by atoms with Crippen molar-refractivity contribution in [2.45, 2.75) is 31.9 Å². The summed E-state index contributed by atoms with van der Waals surface area (Å²) >= 11 is 0. The minimum absolute atomic E-state index is 0.362. The maximum Gasteiger partial charge on any atom is 0.318 e. The van der Waals surface area contributed by atoms with Gasteiger partial charge >= 0.3 is 6.01 Å². The molecule has 2 bridgehead atoms. The van der Waals surface area contributed by atoms with E-state index in [4.69, 9.17) is 9.47 Å². The molecule has 1 aromatic heterocycles. The Labute approximate surface area is 101 Å². The first-order chi connectivity index (χ1) is 8.26. The van der Waals surface area contributed by atoms with E-state index in [0.717, 1.165) is 24.7 Å². The fraction of sp³-hybridized carbons (Fsp3) is 0.667. The highest BCUT2D eigenvalue weighted by Crippen LogP contribution is 2.30. The topological polar surface area (TPSA) is 47.5 Å². The number of methoxy groups -OCH3 is 1. The molecule has 3 aliphatic rings. The number of ether oxygens (including phenoxy) is 2. The number of hydrogen-bond donors (Lipinski definition) is 0. The summed E-state index contributed by atoms with van der Waals surface area (Å²) in [5.41, 5.74) is 0.939. The van der Waals surface area contributed by atoms with Crippen LogP contribution in [-0.2, 0) is 4.74 Å². The quantitative estimate of drug-likeness (QED) is 0.770.